The molecule has 0 atom stereocenters. The lowest BCUT2D eigenvalue weighted by molar-refractivity contribution is 0.378. The third-order valence-electron chi connectivity index (χ3n) is 2.57. The highest BCUT2D eigenvalue weighted by molar-refractivity contribution is 5.39. The second kappa shape index (κ2) is 4.79. The molecule has 90 valence electrons. The maximum Gasteiger partial charge on any atom is 0.239 e. The molecule has 1 aromatic carbocycles. The Morgan fingerprint density at radius 3 is 2.78 bits per heavy atom. The van der Waals surface area contributed by atoms with E-state index in [2.05, 4.69) is 37.5 Å². The highest BCUT2D eigenvalue weighted by Crippen LogP contribution is 2.11. The van der Waals surface area contributed by atoms with Crippen molar-refractivity contribution in [1.82, 2.24) is 25.3 Å². The minimum atomic E-state index is 0.440. The number of aromatic amines is 1. The standard InChI is InChI=1S/C12H11N5O/c1-2-4-9(5-3-1)6-7-10-15-12(17-18-10)11-13-8-14-16-11/h1-5,8H,6-7H2,(H,13,14,16). The molecule has 0 aliphatic carbocycles. The van der Waals surface area contributed by atoms with Gasteiger partial charge in [-0.15, -0.1) is 0 Å². The van der Waals surface area contributed by atoms with Gasteiger partial charge >= 0.3 is 0 Å². The Kier molecular flexibility index (Phi) is 2.83. The zero-order chi connectivity index (χ0) is 12.2. The van der Waals surface area contributed by atoms with Crippen molar-refractivity contribution in [3.05, 3.63) is 48.1 Å². The lowest BCUT2D eigenvalue weighted by Crippen LogP contribution is -1.91. The minimum absolute atomic E-state index is 0.440. The van der Waals surface area contributed by atoms with E-state index in [1.165, 1.54) is 11.9 Å². The molecule has 0 spiro atoms. The summed E-state index contributed by atoms with van der Waals surface area (Å²) >= 11 is 0. The Morgan fingerprint density at radius 1 is 1.11 bits per heavy atom. The Balaban J connectivity index is 1.68. The van der Waals surface area contributed by atoms with Crippen LogP contribution in [0.3, 0.4) is 0 Å². The number of nitrogens with zero attached hydrogens (tertiary/aromatic N) is 4. The molecule has 3 aromatic rings. The fourth-order valence-electron chi connectivity index (χ4n) is 1.66. The fraction of sp³-hybridized carbons (Fsp3) is 0.167. The topological polar surface area (TPSA) is 80.5 Å². The van der Waals surface area contributed by atoms with Gasteiger partial charge in [-0.2, -0.15) is 10.1 Å². The van der Waals surface area contributed by atoms with E-state index in [0.29, 0.717) is 24.0 Å². The molecule has 0 saturated heterocycles. The van der Waals surface area contributed by atoms with Crippen molar-refractivity contribution in [2.24, 2.45) is 0 Å². The van der Waals surface area contributed by atoms with Crippen LogP contribution in [0.25, 0.3) is 11.6 Å². The summed E-state index contributed by atoms with van der Waals surface area (Å²) in [6.07, 6.45) is 3.00. The first-order valence-corrected chi connectivity index (χ1v) is 5.64. The van der Waals surface area contributed by atoms with Crippen molar-refractivity contribution in [3.8, 4) is 11.6 Å². The summed E-state index contributed by atoms with van der Waals surface area (Å²) in [6.45, 7) is 0. The monoisotopic (exact) mass is 241 g/mol. The Hall–Kier alpha value is -2.50. The van der Waals surface area contributed by atoms with Crippen molar-refractivity contribution >= 4 is 0 Å². The minimum Gasteiger partial charge on any atom is -0.339 e. The van der Waals surface area contributed by atoms with Crippen LogP contribution in [0.4, 0.5) is 0 Å². The average Bonchev–Trinajstić information content (AvgIpc) is 3.08. The van der Waals surface area contributed by atoms with Gasteiger partial charge in [0.15, 0.2) is 5.82 Å². The van der Waals surface area contributed by atoms with Crippen molar-refractivity contribution in [3.63, 3.8) is 0 Å². The second-order valence-corrected chi connectivity index (χ2v) is 3.83. The summed E-state index contributed by atoms with van der Waals surface area (Å²) in [7, 11) is 0. The van der Waals surface area contributed by atoms with Crippen LogP contribution < -0.4 is 0 Å². The number of aryl methyl sites for hydroxylation is 2. The lowest BCUT2D eigenvalue weighted by Gasteiger charge is -1.96. The molecule has 0 saturated carbocycles. The Morgan fingerprint density at radius 2 is 2.00 bits per heavy atom. The summed E-state index contributed by atoms with van der Waals surface area (Å²) in [4.78, 5) is 8.22. The third-order valence-corrected chi connectivity index (χ3v) is 2.57. The highest BCUT2D eigenvalue weighted by Gasteiger charge is 2.10. The van der Waals surface area contributed by atoms with Gasteiger partial charge in [0.2, 0.25) is 11.7 Å². The maximum atomic E-state index is 5.16. The second-order valence-electron chi connectivity index (χ2n) is 3.83. The molecule has 0 fully saturated rings. The first kappa shape index (κ1) is 10.6. The van der Waals surface area contributed by atoms with E-state index in [1.807, 2.05) is 18.2 Å². The van der Waals surface area contributed by atoms with Gasteiger partial charge in [0.25, 0.3) is 0 Å². The SMILES string of the molecule is c1ccc(CCc2nc(-c3ncn[nH]3)no2)cc1. The van der Waals surface area contributed by atoms with Crippen molar-refractivity contribution in [2.75, 3.05) is 0 Å². The molecular formula is C12H11N5O. The van der Waals surface area contributed by atoms with Crippen LogP contribution in [0.2, 0.25) is 0 Å². The number of hydrogen-bond donors (Lipinski definition) is 1. The summed E-state index contributed by atoms with van der Waals surface area (Å²) in [5.74, 6) is 1.56. The molecule has 0 bridgehead atoms. The van der Waals surface area contributed by atoms with E-state index in [0.717, 1.165) is 6.42 Å². The van der Waals surface area contributed by atoms with Gasteiger partial charge in [-0.1, -0.05) is 35.5 Å². The molecule has 0 aliphatic heterocycles. The van der Waals surface area contributed by atoms with Crippen molar-refractivity contribution in [1.29, 1.82) is 0 Å². The van der Waals surface area contributed by atoms with Gasteiger partial charge in [-0.05, 0) is 12.0 Å². The number of rotatable bonds is 4. The van der Waals surface area contributed by atoms with Crippen LogP contribution in [0.5, 0.6) is 0 Å². The first-order valence-electron chi connectivity index (χ1n) is 5.64. The van der Waals surface area contributed by atoms with Crippen LogP contribution in [0.1, 0.15) is 11.5 Å². The lowest BCUT2D eigenvalue weighted by atomic mass is 10.1. The van der Waals surface area contributed by atoms with Crippen LogP contribution in [-0.2, 0) is 12.8 Å². The molecule has 2 aromatic heterocycles. The number of nitrogens with one attached hydrogen (secondary N) is 1. The summed E-state index contributed by atoms with van der Waals surface area (Å²) in [5.41, 5.74) is 1.25. The first-order chi connectivity index (χ1) is 8.92. The van der Waals surface area contributed by atoms with Crippen LogP contribution >= 0.6 is 0 Å². The zero-order valence-electron chi connectivity index (χ0n) is 9.58. The van der Waals surface area contributed by atoms with E-state index in [1.54, 1.807) is 0 Å². The van der Waals surface area contributed by atoms with Gasteiger partial charge < -0.3 is 4.52 Å². The Labute approximate surface area is 103 Å². The summed E-state index contributed by atoms with van der Waals surface area (Å²) in [6, 6.07) is 10.2. The van der Waals surface area contributed by atoms with Gasteiger partial charge in [0.05, 0.1) is 0 Å². The number of benzene rings is 1. The normalized spacial score (nSPS) is 10.7. The largest absolute Gasteiger partial charge is 0.339 e. The van der Waals surface area contributed by atoms with E-state index in [4.69, 9.17) is 4.52 Å². The van der Waals surface area contributed by atoms with Gasteiger partial charge in [-0.25, -0.2) is 4.98 Å². The fourth-order valence-corrected chi connectivity index (χ4v) is 1.66. The quantitative estimate of drug-likeness (QED) is 0.751. The van der Waals surface area contributed by atoms with E-state index < -0.39 is 0 Å². The average molecular weight is 241 g/mol. The molecule has 0 radical (unpaired) electrons. The van der Waals surface area contributed by atoms with Crippen LogP contribution in [0, 0.1) is 0 Å². The smallest absolute Gasteiger partial charge is 0.239 e. The summed E-state index contributed by atoms with van der Waals surface area (Å²) < 4.78 is 5.16. The molecule has 6 nitrogen and oxygen atoms in total. The molecule has 0 amide bonds. The van der Waals surface area contributed by atoms with E-state index in [9.17, 15) is 0 Å². The molecule has 0 unspecified atom stereocenters. The predicted octanol–water partition coefficient (Wildman–Crippen LogP) is 1.64. The van der Waals surface area contributed by atoms with Crippen molar-refractivity contribution in [2.45, 2.75) is 12.8 Å². The number of H-pyrrole nitrogens is 1. The van der Waals surface area contributed by atoms with E-state index >= 15 is 0 Å². The maximum absolute atomic E-state index is 5.16. The highest BCUT2D eigenvalue weighted by atomic mass is 16.5. The van der Waals surface area contributed by atoms with Crippen LogP contribution in [0.15, 0.2) is 41.2 Å². The zero-order valence-corrected chi connectivity index (χ0v) is 9.58. The molecule has 6 heteroatoms. The van der Waals surface area contributed by atoms with Crippen LogP contribution in [-0.4, -0.2) is 25.3 Å². The third kappa shape index (κ3) is 2.27. The molecular weight excluding hydrogens is 230 g/mol. The molecule has 0 aliphatic rings. The summed E-state index contributed by atoms with van der Waals surface area (Å²) in [5, 5.41) is 10.3. The van der Waals surface area contributed by atoms with Crippen molar-refractivity contribution < 1.29 is 4.52 Å². The number of hydrogen-bond acceptors (Lipinski definition) is 5. The Bertz CT molecular complexity index is 602. The van der Waals surface area contributed by atoms with E-state index in [-0.39, 0.29) is 0 Å². The predicted molar refractivity (Wildman–Crippen MR) is 63.5 cm³/mol. The molecule has 3 rings (SSSR count). The molecule has 18 heavy (non-hydrogen) atoms. The molecule has 2 heterocycles. The molecule has 1 N–H and O–H groups in total. The van der Waals surface area contributed by atoms with Gasteiger partial charge in [-0.3, -0.25) is 5.10 Å². The van der Waals surface area contributed by atoms with Gasteiger partial charge in [0, 0.05) is 6.42 Å². The number of aromatic nitrogens is 5. The van der Waals surface area contributed by atoms with Gasteiger partial charge in [0.1, 0.15) is 6.33 Å².